The van der Waals surface area contributed by atoms with Crippen LogP contribution in [0.25, 0.3) is 11.0 Å². The zero-order chi connectivity index (χ0) is 11.7. The van der Waals surface area contributed by atoms with Gasteiger partial charge in [-0.05, 0) is 12.0 Å². The number of hydrogen-bond acceptors (Lipinski definition) is 4. The predicted molar refractivity (Wildman–Crippen MR) is 63.0 cm³/mol. The Morgan fingerprint density at radius 1 is 1.44 bits per heavy atom. The summed E-state index contributed by atoms with van der Waals surface area (Å²) in [6, 6.07) is 1.62. The second-order valence-corrected chi connectivity index (χ2v) is 4.24. The van der Waals surface area contributed by atoms with Crippen LogP contribution in [0.4, 0.5) is 5.69 Å². The first-order chi connectivity index (χ1) is 7.58. The zero-order valence-electron chi connectivity index (χ0n) is 9.34. The van der Waals surface area contributed by atoms with E-state index in [4.69, 9.17) is 5.73 Å². The molecule has 0 atom stereocenters. The van der Waals surface area contributed by atoms with E-state index in [1.165, 1.54) is 6.33 Å². The number of aromatic nitrogens is 3. The van der Waals surface area contributed by atoms with E-state index in [1.807, 2.05) is 4.57 Å². The van der Waals surface area contributed by atoms with E-state index in [9.17, 15) is 4.79 Å². The fraction of sp³-hybridized carbons (Fsp3) is 0.364. The van der Waals surface area contributed by atoms with E-state index in [2.05, 4.69) is 23.8 Å². The molecule has 0 amide bonds. The average Bonchev–Trinajstić information content (AvgIpc) is 2.22. The SMILES string of the molecule is CC(C)Cn1cnc(=O)c2cc(N)cnc21. The van der Waals surface area contributed by atoms with Crippen molar-refractivity contribution in [3.63, 3.8) is 0 Å². The minimum atomic E-state index is -0.283. The number of pyridine rings is 1. The Kier molecular flexibility index (Phi) is 2.60. The van der Waals surface area contributed by atoms with E-state index in [0.717, 1.165) is 6.54 Å². The third-order valence-electron chi connectivity index (χ3n) is 2.27. The van der Waals surface area contributed by atoms with Crippen molar-refractivity contribution in [2.75, 3.05) is 5.73 Å². The zero-order valence-corrected chi connectivity index (χ0v) is 9.34. The molecule has 5 heteroatoms. The fourth-order valence-electron chi connectivity index (χ4n) is 1.63. The Bertz CT molecular complexity index is 574. The average molecular weight is 218 g/mol. The van der Waals surface area contributed by atoms with Crippen LogP contribution >= 0.6 is 0 Å². The molecule has 16 heavy (non-hydrogen) atoms. The van der Waals surface area contributed by atoms with Crippen LogP contribution in [0.3, 0.4) is 0 Å². The van der Waals surface area contributed by atoms with Gasteiger partial charge in [0.2, 0.25) is 0 Å². The molecule has 0 aliphatic carbocycles. The second-order valence-electron chi connectivity index (χ2n) is 4.24. The maximum Gasteiger partial charge on any atom is 0.282 e. The maximum absolute atomic E-state index is 11.5. The Labute approximate surface area is 92.9 Å². The fourth-order valence-corrected chi connectivity index (χ4v) is 1.63. The molecule has 2 N–H and O–H groups in total. The third kappa shape index (κ3) is 1.88. The van der Waals surface area contributed by atoms with Crippen LogP contribution in [-0.4, -0.2) is 14.5 Å². The van der Waals surface area contributed by atoms with Gasteiger partial charge in [-0.3, -0.25) is 4.79 Å². The molecule has 2 aromatic heterocycles. The van der Waals surface area contributed by atoms with Gasteiger partial charge in [0.1, 0.15) is 12.0 Å². The summed E-state index contributed by atoms with van der Waals surface area (Å²) in [7, 11) is 0. The molecule has 0 aliphatic rings. The molecule has 0 spiro atoms. The molecule has 2 heterocycles. The Morgan fingerprint density at radius 2 is 2.19 bits per heavy atom. The summed E-state index contributed by atoms with van der Waals surface area (Å²) < 4.78 is 1.88. The van der Waals surface area contributed by atoms with Crippen molar-refractivity contribution in [1.29, 1.82) is 0 Å². The van der Waals surface area contributed by atoms with Crippen LogP contribution in [0.1, 0.15) is 13.8 Å². The first-order valence-electron chi connectivity index (χ1n) is 5.18. The van der Waals surface area contributed by atoms with Gasteiger partial charge in [-0.1, -0.05) is 13.8 Å². The number of rotatable bonds is 2. The van der Waals surface area contributed by atoms with Crippen LogP contribution in [0.15, 0.2) is 23.4 Å². The van der Waals surface area contributed by atoms with Crippen molar-refractivity contribution < 1.29 is 0 Å². The van der Waals surface area contributed by atoms with E-state index in [-0.39, 0.29) is 5.56 Å². The van der Waals surface area contributed by atoms with Gasteiger partial charge in [-0.15, -0.1) is 0 Å². The monoisotopic (exact) mass is 218 g/mol. The molecule has 0 fully saturated rings. The first-order valence-corrected chi connectivity index (χ1v) is 5.18. The van der Waals surface area contributed by atoms with Crippen molar-refractivity contribution in [2.24, 2.45) is 5.92 Å². The van der Waals surface area contributed by atoms with Gasteiger partial charge in [0.25, 0.3) is 5.56 Å². The predicted octanol–water partition coefficient (Wildman–Crippen LogP) is 1.03. The number of nitrogen functional groups attached to an aromatic ring is 1. The molecule has 0 unspecified atom stereocenters. The van der Waals surface area contributed by atoms with Crippen molar-refractivity contribution in [2.45, 2.75) is 20.4 Å². The lowest BCUT2D eigenvalue weighted by atomic mass is 10.2. The highest BCUT2D eigenvalue weighted by atomic mass is 16.1. The third-order valence-corrected chi connectivity index (χ3v) is 2.27. The Morgan fingerprint density at radius 3 is 2.88 bits per heavy atom. The van der Waals surface area contributed by atoms with Gasteiger partial charge in [0.15, 0.2) is 0 Å². The summed E-state index contributed by atoms with van der Waals surface area (Å²) in [4.78, 5) is 19.6. The first kappa shape index (κ1) is 10.6. The van der Waals surface area contributed by atoms with E-state index in [0.29, 0.717) is 22.6 Å². The number of nitrogens with zero attached hydrogens (tertiary/aromatic N) is 3. The Balaban J connectivity index is 2.69. The van der Waals surface area contributed by atoms with Crippen LogP contribution in [0.2, 0.25) is 0 Å². The second kappa shape index (κ2) is 3.92. The van der Waals surface area contributed by atoms with Crippen molar-refractivity contribution in [1.82, 2.24) is 14.5 Å². The molecule has 0 aromatic carbocycles. The number of fused-ring (bicyclic) bond motifs is 1. The van der Waals surface area contributed by atoms with Crippen molar-refractivity contribution in [3.8, 4) is 0 Å². The molecule has 0 aliphatic heterocycles. The van der Waals surface area contributed by atoms with Gasteiger partial charge in [0.05, 0.1) is 17.3 Å². The summed E-state index contributed by atoms with van der Waals surface area (Å²) >= 11 is 0. The summed E-state index contributed by atoms with van der Waals surface area (Å²) in [5.74, 6) is 0.465. The van der Waals surface area contributed by atoms with Gasteiger partial charge >= 0.3 is 0 Å². The van der Waals surface area contributed by atoms with Crippen LogP contribution in [0, 0.1) is 5.92 Å². The standard InChI is InChI=1S/C11H14N4O/c1-7(2)5-15-6-14-11(16)9-3-8(12)4-13-10(9)15/h3-4,6-7H,5,12H2,1-2H3. The van der Waals surface area contributed by atoms with Crippen molar-refractivity contribution in [3.05, 3.63) is 28.9 Å². The Hall–Kier alpha value is -1.91. The van der Waals surface area contributed by atoms with Gasteiger partial charge in [-0.2, -0.15) is 4.98 Å². The van der Waals surface area contributed by atoms with Gasteiger partial charge in [0, 0.05) is 6.54 Å². The largest absolute Gasteiger partial charge is 0.397 e. The maximum atomic E-state index is 11.5. The number of hydrogen-bond donors (Lipinski definition) is 1. The van der Waals surface area contributed by atoms with E-state index < -0.39 is 0 Å². The molecule has 2 aromatic rings. The molecule has 0 radical (unpaired) electrons. The van der Waals surface area contributed by atoms with Gasteiger partial charge in [-0.25, -0.2) is 4.98 Å². The summed E-state index contributed by atoms with van der Waals surface area (Å²) in [5, 5.41) is 0.475. The highest BCUT2D eigenvalue weighted by Crippen LogP contribution is 2.11. The molecule has 2 rings (SSSR count). The van der Waals surface area contributed by atoms with Crippen LogP contribution in [-0.2, 0) is 6.54 Å². The minimum absolute atomic E-state index is 0.283. The highest BCUT2D eigenvalue weighted by Gasteiger charge is 2.06. The summed E-state index contributed by atoms with van der Waals surface area (Å²) in [6.07, 6.45) is 3.09. The molecule has 0 saturated carbocycles. The van der Waals surface area contributed by atoms with Gasteiger partial charge < -0.3 is 10.3 Å². The number of anilines is 1. The summed E-state index contributed by atoms with van der Waals surface area (Å²) in [6.45, 7) is 4.98. The summed E-state index contributed by atoms with van der Waals surface area (Å²) in [5.41, 5.74) is 6.44. The molecular formula is C11H14N4O. The molecular weight excluding hydrogens is 204 g/mol. The lowest BCUT2D eigenvalue weighted by molar-refractivity contribution is 0.525. The van der Waals surface area contributed by atoms with Crippen molar-refractivity contribution >= 4 is 16.7 Å². The molecule has 84 valence electrons. The molecule has 0 bridgehead atoms. The lowest BCUT2D eigenvalue weighted by Gasteiger charge is -2.11. The molecule has 5 nitrogen and oxygen atoms in total. The molecule has 0 saturated heterocycles. The minimum Gasteiger partial charge on any atom is -0.397 e. The van der Waals surface area contributed by atoms with E-state index in [1.54, 1.807) is 12.3 Å². The number of nitrogens with two attached hydrogens (primary N) is 1. The quantitative estimate of drug-likeness (QED) is 0.817. The topological polar surface area (TPSA) is 73.8 Å². The van der Waals surface area contributed by atoms with E-state index >= 15 is 0 Å². The van der Waals surface area contributed by atoms with Crippen LogP contribution < -0.4 is 11.3 Å². The lowest BCUT2D eigenvalue weighted by Crippen LogP contribution is -2.15. The smallest absolute Gasteiger partial charge is 0.282 e. The normalized spacial score (nSPS) is 11.2. The van der Waals surface area contributed by atoms with Crippen LogP contribution in [0.5, 0.6) is 0 Å². The highest BCUT2D eigenvalue weighted by molar-refractivity contribution is 5.76.